The van der Waals surface area contributed by atoms with Crippen molar-refractivity contribution >= 4 is 11.8 Å². The van der Waals surface area contributed by atoms with Crippen LogP contribution in [0.4, 0.5) is 0 Å². The molecule has 0 aromatic rings. The second-order valence-electron chi connectivity index (χ2n) is 5.96. The number of nitrogens with zero attached hydrogens (tertiary/aromatic N) is 1. The van der Waals surface area contributed by atoms with Crippen LogP contribution in [0.25, 0.3) is 0 Å². The highest BCUT2D eigenvalue weighted by atomic mass is 16.2. The monoisotopic (exact) mass is 266 g/mol. The molecule has 1 aliphatic carbocycles. The maximum atomic E-state index is 12.5. The third-order valence-electron chi connectivity index (χ3n) is 4.96. The first-order valence-electron chi connectivity index (χ1n) is 7.70. The number of carbonyl (C=O) groups excluding carboxylic acids is 2. The van der Waals surface area contributed by atoms with Gasteiger partial charge in [0, 0.05) is 11.6 Å². The molecule has 2 aliphatic rings. The summed E-state index contributed by atoms with van der Waals surface area (Å²) in [5.41, 5.74) is 0.116. The molecule has 1 N–H and O–H groups in total. The van der Waals surface area contributed by atoms with E-state index in [1.54, 1.807) is 0 Å². The van der Waals surface area contributed by atoms with Gasteiger partial charge in [0.05, 0.1) is 12.5 Å². The lowest BCUT2D eigenvalue weighted by molar-refractivity contribution is -0.142. The Kier molecular flexibility index (Phi) is 4.29. The van der Waals surface area contributed by atoms with Crippen LogP contribution in [0.5, 0.6) is 0 Å². The molecule has 0 spiro atoms. The van der Waals surface area contributed by atoms with Crippen LogP contribution in [0.2, 0.25) is 0 Å². The van der Waals surface area contributed by atoms with E-state index in [-0.39, 0.29) is 29.4 Å². The van der Waals surface area contributed by atoms with Crippen LogP contribution in [-0.4, -0.2) is 34.3 Å². The maximum Gasteiger partial charge on any atom is 0.247 e. The normalized spacial score (nSPS) is 26.1. The minimum absolute atomic E-state index is 0.00146. The first kappa shape index (κ1) is 14.5. The van der Waals surface area contributed by atoms with Crippen molar-refractivity contribution in [1.29, 1.82) is 0 Å². The van der Waals surface area contributed by atoms with E-state index in [0.29, 0.717) is 6.42 Å². The summed E-state index contributed by atoms with van der Waals surface area (Å²) in [6, 6.07) is -0.209. The molecular formula is C15H26N2O2. The van der Waals surface area contributed by atoms with Crippen LogP contribution < -0.4 is 5.32 Å². The molecule has 1 saturated heterocycles. The maximum absolute atomic E-state index is 12.5. The standard InChI is InChI=1S/C15H26N2O2/c1-4-11(5-2)17-13(18)10-12(14(17)19)16-15(6-3)8-7-9-15/h11-12,16H,4-10H2,1-3H3. The predicted molar refractivity (Wildman–Crippen MR) is 74.6 cm³/mol. The highest BCUT2D eigenvalue weighted by Gasteiger charge is 2.46. The zero-order valence-corrected chi connectivity index (χ0v) is 12.4. The smallest absolute Gasteiger partial charge is 0.247 e. The van der Waals surface area contributed by atoms with Crippen molar-refractivity contribution in [2.75, 3.05) is 0 Å². The number of rotatable bonds is 6. The highest BCUT2D eigenvalue weighted by molar-refractivity contribution is 6.05. The van der Waals surface area contributed by atoms with Gasteiger partial charge in [-0.1, -0.05) is 20.8 Å². The summed E-state index contributed by atoms with van der Waals surface area (Å²) in [7, 11) is 0. The van der Waals surface area contributed by atoms with E-state index < -0.39 is 0 Å². The van der Waals surface area contributed by atoms with Gasteiger partial charge >= 0.3 is 0 Å². The van der Waals surface area contributed by atoms with Crippen molar-refractivity contribution in [3.05, 3.63) is 0 Å². The summed E-state index contributed by atoms with van der Waals surface area (Å²) in [4.78, 5) is 26.1. The molecule has 1 saturated carbocycles. The van der Waals surface area contributed by atoms with Crippen LogP contribution in [-0.2, 0) is 9.59 Å². The molecular weight excluding hydrogens is 240 g/mol. The Bertz CT molecular complexity index is 354. The lowest BCUT2D eigenvalue weighted by atomic mass is 9.74. The zero-order chi connectivity index (χ0) is 14.0. The summed E-state index contributed by atoms with van der Waals surface area (Å²) in [6.07, 6.45) is 6.57. The quantitative estimate of drug-likeness (QED) is 0.750. The molecule has 0 radical (unpaired) electrons. The van der Waals surface area contributed by atoms with Crippen LogP contribution in [0.3, 0.4) is 0 Å². The molecule has 4 heteroatoms. The van der Waals surface area contributed by atoms with E-state index >= 15 is 0 Å². The van der Waals surface area contributed by atoms with Gasteiger partial charge in [0.25, 0.3) is 0 Å². The Hall–Kier alpha value is -0.900. The molecule has 19 heavy (non-hydrogen) atoms. The number of nitrogens with one attached hydrogen (secondary N) is 1. The summed E-state index contributed by atoms with van der Waals surface area (Å²) < 4.78 is 0. The number of hydrogen-bond acceptors (Lipinski definition) is 3. The van der Waals surface area contributed by atoms with Gasteiger partial charge < -0.3 is 0 Å². The zero-order valence-electron chi connectivity index (χ0n) is 12.4. The predicted octanol–water partition coefficient (Wildman–Crippen LogP) is 2.22. The van der Waals surface area contributed by atoms with E-state index in [9.17, 15) is 9.59 Å². The average Bonchev–Trinajstić information content (AvgIpc) is 2.63. The van der Waals surface area contributed by atoms with Gasteiger partial charge in [-0.15, -0.1) is 0 Å². The van der Waals surface area contributed by atoms with Gasteiger partial charge in [-0.3, -0.25) is 19.8 Å². The van der Waals surface area contributed by atoms with Crippen molar-refractivity contribution in [2.45, 2.75) is 83.3 Å². The van der Waals surface area contributed by atoms with Crippen molar-refractivity contribution in [3.63, 3.8) is 0 Å². The minimum Gasteiger partial charge on any atom is -0.300 e. The van der Waals surface area contributed by atoms with Crippen LogP contribution in [0, 0.1) is 0 Å². The van der Waals surface area contributed by atoms with E-state index in [4.69, 9.17) is 0 Å². The molecule has 108 valence electrons. The van der Waals surface area contributed by atoms with Crippen LogP contribution >= 0.6 is 0 Å². The van der Waals surface area contributed by atoms with Crippen molar-refractivity contribution < 1.29 is 9.59 Å². The lowest BCUT2D eigenvalue weighted by Gasteiger charge is -2.43. The van der Waals surface area contributed by atoms with Gasteiger partial charge in [-0.2, -0.15) is 0 Å². The number of carbonyl (C=O) groups is 2. The largest absolute Gasteiger partial charge is 0.300 e. The Morgan fingerprint density at radius 2 is 1.89 bits per heavy atom. The molecule has 0 aromatic heterocycles. The molecule has 1 heterocycles. The Morgan fingerprint density at radius 3 is 2.32 bits per heavy atom. The second kappa shape index (κ2) is 5.61. The fourth-order valence-corrected chi connectivity index (χ4v) is 3.37. The van der Waals surface area contributed by atoms with Gasteiger partial charge in [0.15, 0.2) is 0 Å². The average molecular weight is 266 g/mol. The molecule has 1 unspecified atom stereocenters. The van der Waals surface area contributed by atoms with Gasteiger partial charge in [-0.05, 0) is 38.5 Å². The molecule has 4 nitrogen and oxygen atoms in total. The van der Waals surface area contributed by atoms with E-state index in [1.165, 1.54) is 11.3 Å². The molecule has 2 fully saturated rings. The third-order valence-corrected chi connectivity index (χ3v) is 4.96. The number of imide groups is 1. The molecule has 0 bridgehead atoms. The van der Waals surface area contributed by atoms with Crippen LogP contribution in [0.1, 0.15) is 65.7 Å². The molecule has 2 rings (SSSR count). The van der Waals surface area contributed by atoms with E-state index in [1.807, 2.05) is 13.8 Å². The molecule has 1 atom stereocenters. The Balaban J connectivity index is 2.05. The number of amides is 2. The molecule has 0 aromatic carbocycles. The number of likely N-dealkylation sites (tertiary alicyclic amines) is 1. The summed E-state index contributed by atoms with van der Waals surface area (Å²) in [5.74, 6) is 0.000187. The SMILES string of the molecule is CCC(CC)N1C(=O)CC(NC2(CC)CCC2)C1=O. The fourth-order valence-electron chi connectivity index (χ4n) is 3.37. The summed E-state index contributed by atoms with van der Waals surface area (Å²) >= 11 is 0. The van der Waals surface area contributed by atoms with Gasteiger partial charge in [0.1, 0.15) is 0 Å². The fraction of sp³-hybridized carbons (Fsp3) is 0.867. The molecule has 2 amide bonds. The second-order valence-corrected chi connectivity index (χ2v) is 5.96. The van der Waals surface area contributed by atoms with Crippen LogP contribution in [0.15, 0.2) is 0 Å². The Morgan fingerprint density at radius 1 is 1.26 bits per heavy atom. The summed E-state index contributed by atoms with van der Waals surface area (Å²) in [5, 5.41) is 3.48. The van der Waals surface area contributed by atoms with Gasteiger partial charge in [0.2, 0.25) is 11.8 Å². The van der Waals surface area contributed by atoms with Crippen molar-refractivity contribution in [1.82, 2.24) is 10.2 Å². The van der Waals surface area contributed by atoms with E-state index in [2.05, 4.69) is 12.2 Å². The first-order valence-corrected chi connectivity index (χ1v) is 7.70. The van der Waals surface area contributed by atoms with E-state index in [0.717, 1.165) is 32.1 Å². The third kappa shape index (κ3) is 2.55. The topological polar surface area (TPSA) is 49.4 Å². The summed E-state index contributed by atoms with van der Waals surface area (Å²) in [6.45, 7) is 6.23. The minimum atomic E-state index is -0.284. The lowest BCUT2D eigenvalue weighted by Crippen LogP contribution is -2.57. The first-order chi connectivity index (χ1) is 9.06. The highest BCUT2D eigenvalue weighted by Crippen LogP contribution is 2.36. The van der Waals surface area contributed by atoms with Crippen molar-refractivity contribution in [2.24, 2.45) is 0 Å². The molecule has 1 aliphatic heterocycles. The number of hydrogen-bond donors (Lipinski definition) is 1. The Labute approximate surface area is 115 Å². The van der Waals surface area contributed by atoms with Crippen molar-refractivity contribution in [3.8, 4) is 0 Å². The van der Waals surface area contributed by atoms with Gasteiger partial charge in [-0.25, -0.2) is 0 Å².